The molecule has 2 rings (SSSR count). The van der Waals surface area contributed by atoms with E-state index in [0.717, 1.165) is 0 Å². The molecule has 148 valence electrons. The number of esters is 1. The third kappa shape index (κ3) is 5.19. The highest BCUT2D eigenvalue weighted by Gasteiger charge is 2.15. The number of ether oxygens (including phenoxy) is 3. The van der Waals surface area contributed by atoms with Crippen molar-refractivity contribution >= 4 is 23.3 Å². The number of nitrogens with zero attached hydrogens (tertiary/aromatic N) is 1. The topological polar surface area (TPSA) is 117 Å². The van der Waals surface area contributed by atoms with Gasteiger partial charge in [-0.25, -0.2) is 4.79 Å². The molecule has 0 unspecified atom stereocenters. The van der Waals surface area contributed by atoms with Crippen molar-refractivity contribution < 1.29 is 28.7 Å². The van der Waals surface area contributed by atoms with Gasteiger partial charge in [0.25, 0.3) is 11.6 Å². The first-order chi connectivity index (χ1) is 13.3. The van der Waals surface area contributed by atoms with Gasteiger partial charge in [-0.05, 0) is 38.1 Å². The number of nitro benzene ring substituents is 1. The molecule has 0 radical (unpaired) electrons. The molecule has 0 aliphatic rings. The molecular formula is C19H20N2O7. The number of anilines is 1. The first kappa shape index (κ1) is 20.7. The third-order valence-electron chi connectivity index (χ3n) is 3.72. The predicted octanol–water partition coefficient (Wildman–Crippen LogP) is 3.11. The van der Waals surface area contributed by atoms with Crippen molar-refractivity contribution in [3.63, 3.8) is 0 Å². The minimum absolute atomic E-state index is 0.114. The molecule has 0 atom stereocenters. The van der Waals surface area contributed by atoms with Gasteiger partial charge >= 0.3 is 5.97 Å². The molecule has 2 aromatic rings. The fourth-order valence-corrected chi connectivity index (χ4v) is 2.37. The molecule has 2 aromatic carbocycles. The van der Waals surface area contributed by atoms with Crippen LogP contribution in [-0.2, 0) is 9.53 Å². The number of carbonyl (C=O) groups excluding carboxylic acids is 2. The summed E-state index contributed by atoms with van der Waals surface area (Å²) in [5, 5.41) is 13.4. The van der Waals surface area contributed by atoms with Gasteiger partial charge in [0, 0.05) is 17.3 Å². The Balaban J connectivity index is 1.99. The minimum Gasteiger partial charge on any atom is -0.493 e. The van der Waals surface area contributed by atoms with Gasteiger partial charge in [-0.1, -0.05) is 6.07 Å². The monoisotopic (exact) mass is 388 g/mol. The summed E-state index contributed by atoms with van der Waals surface area (Å²) < 4.78 is 15.5. The summed E-state index contributed by atoms with van der Waals surface area (Å²) in [7, 11) is 1.48. The van der Waals surface area contributed by atoms with Crippen LogP contribution in [-0.4, -0.2) is 37.1 Å². The second kappa shape index (κ2) is 9.36. The number of amides is 1. The van der Waals surface area contributed by atoms with Crippen molar-refractivity contribution in [2.75, 3.05) is 25.6 Å². The summed E-state index contributed by atoms with van der Waals surface area (Å²) in [6.07, 6.45) is 0. The average Bonchev–Trinajstić information content (AvgIpc) is 2.67. The lowest BCUT2D eigenvalue weighted by Crippen LogP contribution is -2.21. The molecule has 0 fully saturated rings. The van der Waals surface area contributed by atoms with E-state index < -0.39 is 23.4 Å². The van der Waals surface area contributed by atoms with Crippen molar-refractivity contribution in [3.8, 4) is 11.5 Å². The summed E-state index contributed by atoms with van der Waals surface area (Å²) in [6.45, 7) is 3.23. The molecule has 0 aliphatic carbocycles. The van der Waals surface area contributed by atoms with E-state index in [-0.39, 0.29) is 16.9 Å². The second-order valence-electron chi connectivity index (χ2n) is 5.68. The Morgan fingerprint density at radius 2 is 1.89 bits per heavy atom. The Morgan fingerprint density at radius 1 is 1.14 bits per heavy atom. The van der Waals surface area contributed by atoms with E-state index >= 15 is 0 Å². The van der Waals surface area contributed by atoms with Crippen LogP contribution < -0.4 is 14.8 Å². The number of hydrogen-bond acceptors (Lipinski definition) is 7. The van der Waals surface area contributed by atoms with Crippen molar-refractivity contribution in [3.05, 3.63) is 57.6 Å². The number of benzene rings is 2. The number of rotatable bonds is 8. The maximum atomic E-state index is 12.2. The van der Waals surface area contributed by atoms with Crippen LogP contribution in [0.25, 0.3) is 0 Å². The number of carbonyl (C=O) groups is 2. The van der Waals surface area contributed by atoms with Gasteiger partial charge in [-0.3, -0.25) is 14.9 Å². The fourth-order valence-electron chi connectivity index (χ4n) is 2.37. The molecule has 28 heavy (non-hydrogen) atoms. The molecule has 0 spiro atoms. The molecule has 0 bridgehead atoms. The van der Waals surface area contributed by atoms with Crippen molar-refractivity contribution in [1.29, 1.82) is 0 Å². The van der Waals surface area contributed by atoms with Crippen LogP contribution in [0.2, 0.25) is 0 Å². The SMILES string of the molecule is CCOc1cc(C(=O)OCC(=O)Nc2ccc(C)c([N+](=O)[O-])c2)ccc1OC. The highest BCUT2D eigenvalue weighted by Crippen LogP contribution is 2.28. The quantitative estimate of drug-likeness (QED) is 0.419. The number of nitrogens with one attached hydrogen (secondary N) is 1. The maximum Gasteiger partial charge on any atom is 0.338 e. The molecule has 1 N–H and O–H groups in total. The first-order valence-electron chi connectivity index (χ1n) is 8.38. The normalized spacial score (nSPS) is 10.1. The van der Waals surface area contributed by atoms with Crippen LogP contribution in [0.5, 0.6) is 11.5 Å². The van der Waals surface area contributed by atoms with Gasteiger partial charge in [0.15, 0.2) is 18.1 Å². The molecule has 0 saturated heterocycles. The number of aryl methyl sites for hydroxylation is 1. The molecule has 0 saturated carbocycles. The lowest BCUT2D eigenvalue weighted by atomic mass is 10.2. The van der Waals surface area contributed by atoms with Crippen molar-refractivity contribution in [1.82, 2.24) is 0 Å². The number of methoxy groups -OCH3 is 1. The van der Waals surface area contributed by atoms with E-state index in [1.807, 2.05) is 0 Å². The molecular weight excluding hydrogens is 368 g/mol. The summed E-state index contributed by atoms with van der Waals surface area (Å²) in [4.78, 5) is 34.6. The molecule has 0 aromatic heterocycles. The largest absolute Gasteiger partial charge is 0.493 e. The molecule has 0 aliphatic heterocycles. The second-order valence-corrected chi connectivity index (χ2v) is 5.68. The van der Waals surface area contributed by atoms with Crippen LogP contribution in [0.4, 0.5) is 11.4 Å². The van der Waals surface area contributed by atoms with Crippen LogP contribution in [0, 0.1) is 17.0 Å². The minimum atomic E-state index is -0.714. The first-order valence-corrected chi connectivity index (χ1v) is 8.38. The van der Waals surface area contributed by atoms with E-state index in [1.165, 1.54) is 37.4 Å². The third-order valence-corrected chi connectivity index (χ3v) is 3.72. The number of nitro groups is 1. The van der Waals surface area contributed by atoms with E-state index in [4.69, 9.17) is 14.2 Å². The van der Waals surface area contributed by atoms with Gasteiger partial charge in [-0.2, -0.15) is 0 Å². The van der Waals surface area contributed by atoms with Gasteiger partial charge < -0.3 is 19.5 Å². The van der Waals surface area contributed by atoms with Gasteiger partial charge in [0.05, 0.1) is 24.2 Å². The Labute approximate surface area is 161 Å². The summed E-state index contributed by atoms with van der Waals surface area (Å²) in [5.74, 6) is -0.480. The lowest BCUT2D eigenvalue weighted by Gasteiger charge is -2.11. The summed E-state index contributed by atoms with van der Waals surface area (Å²) in [6, 6.07) is 8.81. The zero-order valence-corrected chi connectivity index (χ0v) is 15.7. The highest BCUT2D eigenvalue weighted by molar-refractivity contribution is 5.96. The van der Waals surface area contributed by atoms with Crippen LogP contribution in [0.15, 0.2) is 36.4 Å². The van der Waals surface area contributed by atoms with Crippen molar-refractivity contribution in [2.45, 2.75) is 13.8 Å². The molecule has 0 heterocycles. The van der Waals surface area contributed by atoms with Crippen LogP contribution in [0.1, 0.15) is 22.8 Å². The van der Waals surface area contributed by atoms with Crippen molar-refractivity contribution in [2.24, 2.45) is 0 Å². The number of hydrogen-bond donors (Lipinski definition) is 1. The maximum absolute atomic E-state index is 12.2. The Kier molecular flexibility index (Phi) is 6.91. The Hall–Kier alpha value is -3.62. The van der Waals surface area contributed by atoms with Gasteiger partial charge in [0.1, 0.15) is 0 Å². The fraction of sp³-hybridized carbons (Fsp3) is 0.263. The van der Waals surface area contributed by atoms with Gasteiger partial charge in [0.2, 0.25) is 0 Å². The highest BCUT2D eigenvalue weighted by atomic mass is 16.6. The molecule has 9 nitrogen and oxygen atoms in total. The van der Waals surface area contributed by atoms with E-state index in [1.54, 1.807) is 19.9 Å². The smallest absolute Gasteiger partial charge is 0.338 e. The summed E-state index contributed by atoms with van der Waals surface area (Å²) in [5.41, 5.74) is 0.792. The predicted molar refractivity (Wildman–Crippen MR) is 101 cm³/mol. The van der Waals surface area contributed by atoms with E-state index in [0.29, 0.717) is 23.7 Å². The zero-order chi connectivity index (χ0) is 20.7. The van der Waals surface area contributed by atoms with Crippen LogP contribution >= 0.6 is 0 Å². The molecule has 9 heteroatoms. The van der Waals surface area contributed by atoms with Crippen LogP contribution in [0.3, 0.4) is 0 Å². The lowest BCUT2D eigenvalue weighted by molar-refractivity contribution is -0.385. The molecule has 1 amide bonds. The van der Waals surface area contributed by atoms with E-state index in [9.17, 15) is 19.7 Å². The standard InChI is InChI=1S/C19H20N2O7/c1-4-27-17-9-13(6-8-16(17)26-3)19(23)28-11-18(22)20-14-7-5-12(2)15(10-14)21(24)25/h5-10H,4,11H2,1-3H3,(H,20,22). The van der Waals surface area contributed by atoms with E-state index in [2.05, 4.69) is 5.32 Å². The zero-order valence-electron chi connectivity index (χ0n) is 15.7. The van der Waals surface area contributed by atoms with Gasteiger partial charge in [-0.15, -0.1) is 0 Å². The average molecular weight is 388 g/mol. The Morgan fingerprint density at radius 3 is 2.54 bits per heavy atom. The summed E-state index contributed by atoms with van der Waals surface area (Å²) >= 11 is 0. The Bertz CT molecular complexity index is 896.